The summed E-state index contributed by atoms with van der Waals surface area (Å²) in [5.74, 6) is 0.449. The fourth-order valence-corrected chi connectivity index (χ4v) is 6.51. The number of hydrogen-bond acceptors (Lipinski definition) is 10. The minimum absolute atomic E-state index is 0.0568. The van der Waals surface area contributed by atoms with Crippen molar-refractivity contribution in [1.82, 2.24) is 20.3 Å². The van der Waals surface area contributed by atoms with E-state index in [0.29, 0.717) is 34.4 Å². The summed E-state index contributed by atoms with van der Waals surface area (Å²) in [6.07, 6.45) is 1.73. The molecule has 7 rings (SSSR count). The maximum atomic E-state index is 13.5. The molecule has 1 aromatic heterocycles. The van der Waals surface area contributed by atoms with Crippen molar-refractivity contribution in [2.75, 3.05) is 34.7 Å². The average molecular weight is 599 g/mol. The number of hydrogen-bond donors (Lipinski definition) is 1. The van der Waals surface area contributed by atoms with Crippen LogP contribution >= 0.6 is 0 Å². The molecule has 0 unspecified atom stereocenters. The molecule has 0 radical (unpaired) electrons. The predicted molar refractivity (Wildman–Crippen MR) is 155 cm³/mol. The zero-order valence-corrected chi connectivity index (χ0v) is 24.3. The van der Waals surface area contributed by atoms with Crippen molar-refractivity contribution in [2.24, 2.45) is 11.8 Å². The van der Waals surface area contributed by atoms with Crippen LogP contribution in [-0.2, 0) is 20.9 Å². The monoisotopic (exact) mass is 598 g/mol. The third kappa shape index (κ3) is 4.62. The summed E-state index contributed by atoms with van der Waals surface area (Å²) in [7, 11) is 4.63. The molecule has 2 aliphatic heterocycles. The Balaban J connectivity index is 1.27. The first-order valence-electron chi connectivity index (χ1n) is 14.1. The average Bonchev–Trinajstić information content (AvgIpc) is 3.80. The number of aromatic nitrogens is 3. The molecule has 0 saturated carbocycles. The van der Waals surface area contributed by atoms with Crippen LogP contribution in [0.1, 0.15) is 28.7 Å². The highest BCUT2D eigenvalue weighted by atomic mass is 16.7. The van der Waals surface area contributed by atoms with Crippen LogP contribution in [0.15, 0.2) is 60.8 Å². The largest absolute Gasteiger partial charge is 0.493 e. The molecule has 4 atom stereocenters. The molecule has 12 nitrogen and oxygen atoms in total. The van der Waals surface area contributed by atoms with E-state index in [4.69, 9.17) is 28.4 Å². The number of nitrogens with one attached hydrogen (secondary N) is 1. The van der Waals surface area contributed by atoms with E-state index in [9.17, 15) is 9.59 Å². The van der Waals surface area contributed by atoms with Crippen LogP contribution in [0.5, 0.6) is 28.7 Å². The molecule has 1 saturated heterocycles. The number of rotatable bonds is 8. The third-order valence-electron chi connectivity index (χ3n) is 8.46. The summed E-state index contributed by atoms with van der Waals surface area (Å²) < 4.78 is 35.4. The molecule has 1 fully saturated rings. The Morgan fingerprint density at radius 3 is 2.34 bits per heavy atom. The molecule has 12 heteroatoms. The Kier molecular flexibility index (Phi) is 6.96. The standard InChI is InChI=1S/C32H30N4O8/c1-39-25-9-18(10-26(40-2)31(25)41-3)28-19-11-23-24(44-16-43-23)12-20(19)30(21-15-42-32(38)29(21)28)33-27(37)14-36-13-22(34-35-36)17-7-5-4-6-8-17/h4-13,21,28-30H,14-16H2,1-3H3,(H,33,37)/t21-,28+,29-,30+/m0/s1. The van der Waals surface area contributed by atoms with E-state index in [1.165, 1.54) is 11.8 Å². The Morgan fingerprint density at radius 2 is 1.66 bits per heavy atom. The second kappa shape index (κ2) is 11.1. The van der Waals surface area contributed by atoms with Gasteiger partial charge in [0.05, 0.1) is 46.1 Å². The first-order valence-corrected chi connectivity index (χ1v) is 14.1. The van der Waals surface area contributed by atoms with Crippen LogP contribution in [0.25, 0.3) is 11.3 Å². The summed E-state index contributed by atoms with van der Waals surface area (Å²) in [6, 6.07) is 16.5. The molecule has 1 aliphatic carbocycles. The van der Waals surface area contributed by atoms with E-state index in [0.717, 1.165) is 22.3 Å². The van der Waals surface area contributed by atoms with Crippen LogP contribution in [-0.4, -0.2) is 61.6 Å². The Hall–Kier alpha value is -5.26. The number of methoxy groups -OCH3 is 3. The van der Waals surface area contributed by atoms with Gasteiger partial charge < -0.3 is 33.7 Å². The number of nitrogens with zero attached hydrogens (tertiary/aromatic N) is 3. The lowest BCUT2D eigenvalue weighted by Crippen LogP contribution is -2.43. The smallest absolute Gasteiger partial charge is 0.310 e. The predicted octanol–water partition coefficient (Wildman–Crippen LogP) is 3.49. The van der Waals surface area contributed by atoms with E-state index < -0.39 is 17.9 Å². The van der Waals surface area contributed by atoms with Gasteiger partial charge in [-0.25, -0.2) is 4.68 Å². The SMILES string of the molecule is COc1cc([C@@H]2c3cc4c(cc3[C@@H](NC(=O)Cn3cc(-c5ccccc5)nn3)[C@H]3COC(=O)[C@H]23)OCO4)cc(OC)c1OC. The molecule has 226 valence electrons. The number of fused-ring (bicyclic) bond motifs is 3. The van der Waals surface area contributed by atoms with Crippen molar-refractivity contribution in [3.8, 4) is 40.0 Å². The van der Waals surface area contributed by atoms with Gasteiger partial charge >= 0.3 is 5.97 Å². The molecule has 4 aromatic rings. The normalized spacial score (nSPS) is 21.2. The molecule has 3 aromatic carbocycles. The highest BCUT2D eigenvalue weighted by molar-refractivity contribution is 5.81. The number of carbonyl (C=O) groups is 2. The van der Waals surface area contributed by atoms with E-state index in [1.807, 2.05) is 54.6 Å². The van der Waals surface area contributed by atoms with Gasteiger partial charge in [0.25, 0.3) is 0 Å². The first kappa shape index (κ1) is 27.6. The highest BCUT2D eigenvalue weighted by Crippen LogP contribution is 2.55. The number of benzene rings is 3. The number of cyclic esters (lactones) is 1. The highest BCUT2D eigenvalue weighted by Gasteiger charge is 2.53. The number of amides is 1. The van der Waals surface area contributed by atoms with Crippen LogP contribution in [0.3, 0.4) is 0 Å². The maximum Gasteiger partial charge on any atom is 0.310 e. The lowest BCUT2D eigenvalue weighted by Gasteiger charge is -2.39. The van der Waals surface area contributed by atoms with Crippen LogP contribution < -0.4 is 29.0 Å². The summed E-state index contributed by atoms with van der Waals surface area (Å²) in [5, 5.41) is 11.5. The van der Waals surface area contributed by atoms with Crippen LogP contribution in [0.4, 0.5) is 0 Å². The van der Waals surface area contributed by atoms with Crippen molar-refractivity contribution in [3.63, 3.8) is 0 Å². The minimum atomic E-state index is -0.605. The maximum absolute atomic E-state index is 13.5. The van der Waals surface area contributed by atoms with E-state index in [-0.39, 0.29) is 37.7 Å². The van der Waals surface area contributed by atoms with Crippen molar-refractivity contribution in [2.45, 2.75) is 18.5 Å². The lowest BCUT2D eigenvalue weighted by molar-refractivity contribution is -0.141. The molecule has 1 amide bonds. The topological polar surface area (TPSA) is 132 Å². The van der Waals surface area contributed by atoms with Gasteiger partial charge in [-0.05, 0) is 41.0 Å². The van der Waals surface area contributed by atoms with E-state index in [1.54, 1.807) is 20.4 Å². The Morgan fingerprint density at radius 1 is 0.955 bits per heavy atom. The lowest BCUT2D eigenvalue weighted by atomic mass is 9.65. The van der Waals surface area contributed by atoms with Crippen molar-refractivity contribution in [1.29, 1.82) is 0 Å². The van der Waals surface area contributed by atoms with Gasteiger partial charge in [-0.15, -0.1) is 5.10 Å². The quantitative estimate of drug-likeness (QED) is 0.301. The molecule has 3 heterocycles. The van der Waals surface area contributed by atoms with Gasteiger partial charge in [0, 0.05) is 17.4 Å². The molecule has 1 N–H and O–H groups in total. The van der Waals surface area contributed by atoms with Gasteiger partial charge in [0.15, 0.2) is 23.0 Å². The molecule has 0 spiro atoms. The summed E-state index contributed by atoms with van der Waals surface area (Å²) in [4.78, 5) is 26.9. The second-order valence-corrected chi connectivity index (χ2v) is 10.8. The fraction of sp³-hybridized carbons (Fsp3) is 0.312. The van der Waals surface area contributed by atoms with Gasteiger partial charge in [-0.1, -0.05) is 35.5 Å². The molecule has 44 heavy (non-hydrogen) atoms. The first-order chi connectivity index (χ1) is 21.5. The Labute approximate surface area is 252 Å². The van der Waals surface area contributed by atoms with Gasteiger partial charge in [-0.2, -0.15) is 0 Å². The third-order valence-corrected chi connectivity index (χ3v) is 8.46. The summed E-state index contributed by atoms with van der Waals surface area (Å²) >= 11 is 0. The number of ether oxygens (including phenoxy) is 6. The zero-order valence-electron chi connectivity index (χ0n) is 24.3. The number of carbonyl (C=O) groups excluding carboxylic acids is 2. The van der Waals surface area contributed by atoms with Gasteiger partial charge in [0.1, 0.15) is 12.2 Å². The zero-order chi connectivity index (χ0) is 30.4. The van der Waals surface area contributed by atoms with E-state index in [2.05, 4.69) is 15.6 Å². The minimum Gasteiger partial charge on any atom is -0.493 e. The van der Waals surface area contributed by atoms with Crippen molar-refractivity contribution in [3.05, 3.63) is 77.5 Å². The molecular formula is C32H30N4O8. The van der Waals surface area contributed by atoms with Gasteiger partial charge in [0.2, 0.25) is 18.4 Å². The van der Waals surface area contributed by atoms with Gasteiger partial charge in [-0.3, -0.25) is 9.59 Å². The summed E-state index contributed by atoms with van der Waals surface area (Å²) in [6.45, 7) is 0.165. The fourth-order valence-electron chi connectivity index (χ4n) is 6.51. The van der Waals surface area contributed by atoms with Crippen LogP contribution in [0, 0.1) is 11.8 Å². The molecule has 3 aliphatic rings. The summed E-state index contributed by atoms with van der Waals surface area (Å²) in [5.41, 5.74) is 3.95. The number of esters is 1. The molecule has 0 bridgehead atoms. The van der Waals surface area contributed by atoms with Crippen LogP contribution in [0.2, 0.25) is 0 Å². The second-order valence-electron chi connectivity index (χ2n) is 10.8. The van der Waals surface area contributed by atoms with Crippen molar-refractivity contribution < 1.29 is 38.0 Å². The molecular weight excluding hydrogens is 568 g/mol. The van der Waals surface area contributed by atoms with E-state index >= 15 is 0 Å². The van der Waals surface area contributed by atoms with Crippen molar-refractivity contribution >= 4 is 11.9 Å². The Bertz CT molecular complexity index is 1710.